The molecular weight excluding hydrogens is 420 g/mol. The first-order chi connectivity index (χ1) is 15.8. The second-order valence-corrected chi connectivity index (χ2v) is 9.18. The Kier molecular flexibility index (Phi) is 6.58. The summed E-state index contributed by atoms with van der Waals surface area (Å²) in [5.41, 5.74) is -0.543. The third-order valence-electron chi connectivity index (χ3n) is 5.41. The molecule has 3 aromatic rings. The van der Waals surface area contributed by atoms with Gasteiger partial charge in [-0.2, -0.15) is 0 Å². The number of benzene rings is 2. The summed E-state index contributed by atoms with van der Waals surface area (Å²) in [7, 11) is 0. The fourth-order valence-electron chi connectivity index (χ4n) is 3.77. The summed E-state index contributed by atoms with van der Waals surface area (Å²) < 4.78 is 17.1. The summed E-state index contributed by atoms with van der Waals surface area (Å²) >= 11 is 0. The minimum atomic E-state index is -0.543. The maximum atomic E-state index is 12.9. The van der Waals surface area contributed by atoms with Gasteiger partial charge in [0.1, 0.15) is 23.7 Å². The van der Waals surface area contributed by atoms with Crippen LogP contribution in [0.15, 0.2) is 59.0 Å². The summed E-state index contributed by atoms with van der Waals surface area (Å²) in [5.74, 6) is 1.42. The van der Waals surface area contributed by atoms with E-state index in [0.29, 0.717) is 38.4 Å². The van der Waals surface area contributed by atoms with Crippen molar-refractivity contribution in [1.29, 1.82) is 0 Å². The predicted octanol–water partition coefficient (Wildman–Crippen LogP) is 5.09. The van der Waals surface area contributed by atoms with Gasteiger partial charge < -0.3 is 23.7 Å². The Hall–Kier alpha value is -3.48. The second-order valence-electron chi connectivity index (χ2n) is 9.18. The van der Waals surface area contributed by atoms with Crippen LogP contribution in [0, 0.1) is 0 Å². The van der Waals surface area contributed by atoms with Gasteiger partial charge in [-0.25, -0.2) is 4.79 Å². The Morgan fingerprint density at radius 1 is 0.909 bits per heavy atom. The highest BCUT2D eigenvalue weighted by molar-refractivity contribution is 5.91. The van der Waals surface area contributed by atoms with Crippen LogP contribution in [-0.2, 0) is 11.3 Å². The minimum Gasteiger partial charge on any atom is -0.486 e. The highest BCUT2D eigenvalue weighted by Crippen LogP contribution is 2.22. The van der Waals surface area contributed by atoms with Crippen LogP contribution in [-0.4, -0.2) is 53.6 Å². The van der Waals surface area contributed by atoms with Crippen molar-refractivity contribution in [2.45, 2.75) is 39.4 Å². The third kappa shape index (κ3) is 5.86. The van der Waals surface area contributed by atoms with E-state index in [1.807, 2.05) is 57.2 Å². The first kappa shape index (κ1) is 22.7. The quantitative estimate of drug-likeness (QED) is 0.553. The fraction of sp³-hybridized carbons (Fsp3) is 0.385. The molecule has 2 amide bonds. The van der Waals surface area contributed by atoms with Crippen molar-refractivity contribution in [2.75, 3.05) is 26.2 Å². The molecule has 7 nitrogen and oxygen atoms in total. The van der Waals surface area contributed by atoms with Gasteiger partial charge in [0, 0.05) is 26.2 Å². The predicted molar refractivity (Wildman–Crippen MR) is 125 cm³/mol. The smallest absolute Gasteiger partial charge is 0.410 e. The number of hydrogen-bond donors (Lipinski definition) is 0. The van der Waals surface area contributed by atoms with Crippen LogP contribution in [0.4, 0.5) is 4.79 Å². The minimum absolute atomic E-state index is 0.182. The van der Waals surface area contributed by atoms with Crippen LogP contribution in [0.5, 0.6) is 5.75 Å². The van der Waals surface area contributed by atoms with E-state index in [2.05, 4.69) is 6.07 Å². The summed E-state index contributed by atoms with van der Waals surface area (Å²) in [6, 6.07) is 17.5. The molecule has 1 aliphatic rings. The molecule has 2 aromatic carbocycles. The van der Waals surface area contributed by atoms with Gasteiger partial charge in [-0.05, 0) is 62.2 Å². The topological polar surface area (TPSA) is 72.2 Å². The summed E-state index contributed by atoms with van der Waals surface area (Å²) in [4.78, 5) is 28.7. The summed E-state index contributed by atoms with van der Waals surface area (Å²) in [6.45, 7) is 7.74. The van der Waals surface area contributed by atoms with Crippen molar-refractivity contribution in [1.82, 2.24) is 9.80 Å². The van der Waals surface area contributed by atoms with Crippen LogP contribution in [0.1, 0.15) is 43.5 Å². The van der Waals surface area contributed by atoms with Crippen LogP contribution in [0.3, 0.4) is 0 Å². The monoisotopic (exact) mass is 450 g/mol. The van der Waals surface area contributed by atoms with Gasteiger partial charge >= 0.3 is 6.09 Å². The number of carbonyl (C=O) groups excluding carboxylic acids is 2. The zero-order valence-electron chi connectivity index (χ0n) is 19.4. The van der Waals surface area contributed by atoms with Crippen LogP contribution < -0.4 is 4.74 Å². The van der Waals surface area contributed by atoms with Crippen molar-refractivity contribution in [3.05, 3.63) is 66.1 Å². The zero-order chi connectivity index (χ0) is 23.4. The van der Waals surface area contributed by atoms with Crippen LogP contribution in [0.25, 0.3) is 10.8 Å². The molecule has 0 saturated carbocycles. The average Bonchev–Trinajstić information content (AvgIpc) is 3.11. The molecule has 0 spiro atoms. The Balaban J connectivity index is 1.33. The normalized spacial score (nSPS) is 14.8. The van der Waals surface area contributed by atoms with Gasteiger partial charge in [0.25, 0.3) is 5.91 Å². The Labute approximate surface area is 193 Å². The first-order valence-electron chi connectivity index (χ1n) is 11.3. The second kappa shape index (κ2) is 9.57. The highest BCUT2D eigenvalue weighted by Gasteiger charge is 2.27. The molecule has 0 unspecified atom stereocenters. The zero-order valence-corrected chi connectivity index (χ0v) is 19.4. The molecule has 174 valence electrons. The first-order valence-corrected chi connectivity index (χ1v) is 11.3. The molecule has 0 atom stereocenters. The van der Waals surface area contributed by atoms with Crippen molar-refractivity contribution in [3.63, 3.8) is 0 Å². The van der Waals surface area contributed by atoms with E-state index in [0.717, 1.165) is 16.5 Å². The molecule has 1 fully saturated rings. The maximum Gasteiger partial charge on any atom is 0.410 e. The standard InChI is InChI=1S/C26H30N2O5/c1-26(2,3)33-25(30)28-14-6-13-27(15-16-28)24(29)23-12-11-22(32-23)18-31-21-10-9-19-7-4-5-8-20(19)17-21/h4-5,7-12,17H,6,13-16,18H2,1-3H3. The van der Waals surface area contributed by atoms with E-state index >= 15 is 0 Å². The number of furan rings is 1. The van der Waals surface area contributed by atoms with Crippen molar-refractivity contribution < 1.29 is 23.5 Å². The van der Waals surface area contributed by atoms with Crippen molar-refractivity contribution >= 4 is 22.8 Å². The number of ether oxygens (including phenoxy) is 2. The molecule has 33 heavy (non-hydrogen) atoms. The lowest BCUT2D eigenvalue weighted by Gasteiger charge is -2.26. The van der Waals surface area contributed by atoms with Gasteiger partial charge in [-0.3, -0.25) is 4.79 Å². The molecule has 7 heteroatoms. The number of carbonyl (C=O) groups is 2. The van der Waals surface area contributed by atoms with E-state index in [-0.39, 0.29) is 24.4 Å². The van der Waals surface area contributed by atoms with E-state index in [1.165, 1.54) is 0 Å². The summed E-state index contributed by atoms with van der Waals surface area (Å²) in [5, 5.41) is 2.25. The molecule has 4 rings (SSSR count). The lowest BCUT2D eigenvalue weighted by molar-refractivity contribution is 0.0255. The van der Waals surface area contributed by atoms with Gasteiger partial charge in [0.2, 0.25) is 0 Å². The van der Waals surface area contributed by atoms with Crippen LogP contribution >= 0.6 is 0 Å². The van der Waals surface area contributed by atoms with Gasteiger partial charge in [-0.15, -0.1) is 0 Å². The number of hydrogen-bond acceptors (Lipinski definition) is 5. The molecule has 1 aliphatic heterocycles. The fourth-order valence-corrected chi connectivity index (χ4v) is 3.77. The van der Waals surface area contributed by atoms with Gasteiger partial charge in [0.05, 0.1) is 0 Å². The molecule has 2 heterocycles. The number of fused-ring (bicyclic) bond motifs is 1. The Morgan fingerprint density at radius 3 is 2.42 bits per heavy atom. The number of rotatable bonds is 4. The van der Waals surface area contributed by atoms with E-state index in [9.17, 15) is 9.59 Å². The molecule has 0 aliphatic carbocycles. The van der Waals surface area contributed by atoms with Crippen molar-refractivity contribution in [2.24, 2.45) is 0 Å². The molecule has 0 radical (unpaired) electrons. The van der Waals surface area contributed by atoms with Gasteiger partial charge in [0.15, 0.2) is 5.76 Å². The van der Waals surface area contributed by atoms with Crippen molar-refractivity contribution in [3.8, 4) is 5.75 Å². The lowest BCUT2D eigenvalue weighted by atomic mass is 10.1. The number of nitrogens with zero attached hydrogens (tertiary/aromatic N) is 2. The molecular formula is C26H30N2O5. The van der Waals surface area contributed by atoms with E-state index in [4.69, 9.17) is 13.9 Å². The van der Waals surface area contributed by atoms with Crippen LogP contribution in [0.2, 0.25) is 0 Å². The van der Waals surface area contributed by atoms with Gasteiger partial charge in [-0.1, -0.05) is 30.3 Å². The largest absolute Gasteiger partial charge is 0.486 e. The molecule has 1 saturated heterocycles. The molecule has 0 N–H and O–H groups in total. The molecule has 1 aromatic heterocycles. The van der Waals surface area contributed by atoms with E-state index in [1.54, 1.807) is 21.9 Å². The molecule has 0 bridgehead atoms. The Morgan fingerprint density at radius 2 is 1.64 bits per heavy atom. The van der Waals surface area contributed by atoms with E-state index < -0.39 is 5.60 Å². The lowest BCUT2D eigenvalue weighted by Crippen LogP contribution is -2.40. The average molecular weight is 451 g/mol. The SMILES string of the molecule is CC(C)(C)OC(=O)N1CCCN(C(=O)c2ccc(COc3ccc4ccccc4c3)o2)CC1. The highest BCUT2D eigenvalue weighted by atomic mass is 16.6. The third-order valence-corrected chi connectivity index (χ3v) is 5.41. The number of amides is 2. The Bertz CT molecular complexity index is 1130. The maximum absolute atomic E-state index is 12.9. The summed E-state index contributed by atoms with van der Waals surface area (Å²) in [6.07, 6.45) is 0.340.